The van der Waals surface area contributed by atoms with Gasteiger partial charge in [-0.1, -0.05) is 13.8 Å². The number of pyridine rings is 1. The summed E-state index contributed by atoms with van der Waals surface area (Å²) < 4.78 is 7.61. The number of aryl methyl sites for hydroxylation is 2. The number of benzene rings is 1. The SMILES string of the molecule is Cc1cc2cc(CN(CCO)[C@@H](c3nnnn3C[C@@H]3CCCO3)C(C)C)c(=O)[nH]c2cc1C. The van der Waals surface area contributed by atoms with Gasteiger partial charge in [-0.2, -0.15) is 0 Å². The van der Waals surface area contributed by atoms with Crippen molar-refractivity contribution in [2.24, 2.45) is 5.92 Å². The van der Waals surface area contributed by atoms with E-state index in [4.69, 9.17) is 4.74 Å². The minimum absolute atomic E-state index is 0.0275. The first kappa shape index (κ1) is 23.5. The van der Waals surface area contributed by atoms with Gasteiger partial charge < -0.3 is 14.8 Å². The molecule has 33 heavy (non-hydrogen) atoms. The highest BCUT2D eigenvalue weighted by molar-refractivity contribution is 5.80. The van der Waals surface area contributed by atoms with Crippen molar-refractivity contribution in [1.82, 2.24) is 30.1 Å². The number of nitrogens with zero attached hydrogens (tertiary/aromatic N) is 5. The summed E-state index contributed by atoms with van der Waals surface area (Å²) in [6, 6.07) is 5.90. The molecule has 0 saturated carbocycles. The molecule has 1 aliphatic heterocycles. The molecule has 0 unspecified atom stereocenters. The summed E-state index contributed by atoms with van der Waals surface area (Å²) in [6.45, 7) is 10.5. The second-order valence-electron chi connectivity index (χ2n) is 9.38. The van der Waals surface area contributed by atoms with E-state index in [1.54, 1.807) is 0 Å². The van der Waals surface area contributed by atoms with E-state index in [2.05, 4.69) is 52.2 Å². The normalized spacial score (nSPS) is 17.5. The highest BCUT2D eigenvalue weighted by Gasteiger charge is 2.30. The van der Waals surface area contributed by atoms with Crippen LogP contribution in [0, 0.1) is 19.8 Å². The summed E-state index contributed by atoms with van der Waals surface area (Å²) in [4.78, 5) is 18.1. The molecule has 0 amide bonds. The molecule has 0 aliphatic carbocycles. The highest BCUT2D eigenvalue weighted by atomic mass is 16.5. The third kappa shape index (κ3) is 5.15. The molecule has 0 radical (unpaired) electrons. The molecule has 2 N–H and O–H groups in total. The summed E-state index contributed by atoms with van der Waals surface area (Å²) in [7, 11) is 0. The van der Waals surface area contributed by atoms with Crippen molar-refractivity contribution in [2.45, 2.75) is 65.8 Å². The zero-order chi connectivity index (χ0) is 23.5. The van der Waals surface area contributed by atoms with E-state index in [1.807, 2.05) is 23.7 Å². The predicted molar refractivity (Wildman–Crippen MR) is 126 cm³/mol. The molecule has 0 bridgehead atoms. The van der Waals surface area contributed by atoms with Gasteiger partial charge >= 0.3 is 0 Å². The summed E-state index contributed by atoms with van der Waals surface area (Å²) in [5.74, 6) is 0.896. The van der Waals surface area contributed by atoms with Gasteiger partial charge in [-0.15, -0.1) is 5.10 Å². The molecule has 9 heteroatoms. The molecule has 1 fully saturated rings. The van der Waals surface area contributed by atoms with Crippen molar-refractivity contribution in [3.63, 3.8) is 0 Å². The van der Waals surface area contributed by atoms with Gasteiger partial charge in [0.15, 0.2) is 5.82 Å². The van der Waals surface area contributed by atoms with E-state index >= 15 is 0 Å². The van der Waals surface area contributed by atoms with Crippen LogP contribution in [0.25, 0.3) is 10.9 Å². The highest BCUT2D eigenvalue weighted by Crippen LogP contribution is 2.29. The van der Waals surface area contributed by atoms with Crippen molar-refractivity contribution in [2.75, 3.05) is 19.8 Å². The van der Waals surface area contributed by atoms with E-state index in [0.717, 1.165) is 41.7 Å². The van der Waals surface area contributed by atoms with E-state index in [0.29, 0.717) is 25.2 Å². The lowest BCUT2D eigenvalue weighted by Gasteiger charge is -2.33. The molecule has 3 heterocycles. The molecule has 178 valence electrons. The summed E-state index contributed by atoms with van der Waals surface area (Å²) in [6.07, 6.45) is 2.16. The maximum Gasteiger partial charge on any atom is 0.252 e. The molecule has 4 rings (SSSR count). The van der Waals surface area contributed by atoms with Crippen LogP contribution in [0.3, 0.4) is 0 Å². The quantitative estimate of drug-likeness (QED) is 0.511. The molecule has 9 nitrogen and oxygen atoms in total. The smallest absolute Gasteiger partial charge is 0.252 e. The van der Waals surface area contributed by atoms with Gasteiger partial charge in [-0.3, -0.25) is 9.69 Å². The van der Waals surface area contributed by atoms with Gasteiger partial charge in [0, 0.05) is 30.8 Å². The lowest BCUT2D eigenvalue weighted by Crippen LogP contribution is -2.37. The minimum Gasteiger partial charge on any atom is -0.395 e. The molecular formula is C24H34N6O3. The lowest BCUT2D eigenvalue weighted by molar-refractivity contribution is 0.0819. The van der Waals surface area contributed by atoms with Crippen molar-refractivity contribution >= 4 is 10.9 Å². The molecule has 1 aromatic carbocycles. The molecule has 1 saturated heterocycles. The monoisotopic (exact) mass is 454 g/mol. The number of ether oxygens (including phenoxy) is 1. The van der Waals surface area contributed by atoms with Crippen LogP contribution in [0.2, 0.25) is 0 Å². The first-order valence-electron chi connectivity index (χ1n) is 11.7. The molecule has 1 aliphatic rings. The first-order chi connectivity index (χ1) is 15.9. The number of hydrogen-bond donors (Lipinski definition) is 2. The Bertz CT molecular complexity index is 1150. The molecule has 2 aromatic heterocycles. The molecular weight excluding hydrogens is 420 g/mol. The number of rotatable bonds is 9. The van der Waals surface area contributed by atoms with Gasteiger partial charge in [0.05, 0.1) is 25.3 Å². The van der Waals surface area contributed by atoms with E-state index in [9.17, 15) is 9.90 Å². The predicted octanol–water partition coefficient (Wildman–Crippen LogP) is 2.50. The van der Waals surface area contributed by atoms with Crippen LogP contribution in [0.5, 0.6) is 0 Å². The summed E-state index contributed by atoms with van der Waals surface area (Å²) >= 11 is 0. The topological polar surface area (TPSA) is 109 Å². The number of nitrogens with one attached hydrogen (secondary N) is 1. The number of aromatic nitrogens is 5. The van der Waals surface area contributed by atoms with Crippen LogP contribution in [0.15, 0.2) is 23.0 Å². The van der Waals surface area contributed by atoms with Crippen LogP contribution in [-0.2, 0) is 17.8 Å². The van der Waals surface area contributed by atoms with E-state index < -0.39 is 0 Å². The Morgan fingerprint density at radius 1 is 1.27 bits per heavy atom. The maximum atomic E-state index is 12.9. The Morgan fingerprint density at radius 3 is 2.76 bits per heavy atom. The lowest BCUT2D eigenvalue weighted by atomic mass is 10.00. The van der Waals surface area contributed by atoms with Crippen molar-refractivity contribution < 1.29 is 9.84 Å². The number of hydrogen-bond acceptors (Lipinski definition) is 7. The van der Waals surface area contributed by atoms with Crippen molar-refractivity contribution in [3.05, 3.63) is 51.1 Å². The second kappa shape index (κ2) is 10.1. The summed E-state index contributed by atoms with van der Waals surface area (Å²) in [5, 5.41) is 23.4. The third-order valence-electron chi connectivity index (χ3n) is 6.55. The van der Waals surface area contributed by atoms with Crippen LogP contribution >= 0.6 is 0 Å². The van der Waals surface area contributed by atoms with Crippen LogP contribution < -0.4 is 5.56 Å². The fourth-order valence-corrected chi connectivity index (χ4v) is 4.72. The Labute approximate surface area is 193 Å². The second-order valence-corrected chi connectivity index (χ2v) is 9.38. The average Bonchev–Trinajstić information content (AvgIpc) is 3.43. The Balaban J connectivity index is 1.67. The molecule has 3 aromatic rings. The molecule has 2 atom stereocenters. The number of fused-ring (bicyclic) bond motifs is 1. The zero-order valence-electron chi connectivity index (χ0n) is 19.9. The van der Waals surface area contributed by atoms with Gasteiger partial charge in [0.25, 0.3) is 5.56 Å². The fraction of sp³-hybridized carbons (Fsp3) is 0.583. The van der Waals surface area contributed by atoms with Crippen molar-refractivity contribution in [3.8, 4) is 0 Å². The first-order valence-corrected chi connectivity index (χ1v) is 11.7. The van der Waals surface area contributed by atoms with Gasteiger partial charge in [0.2, 0.25) is 0 Å². The van der Waals surface area contributed by atoms with E-state index in [1.165, 1.54) is 5.56 Å². The minimum atomic E-state index is -0.164. The molecule has 0 spiro atoms. The van der Waals surface area contributed by atoms with Gasteiger partial charge in [-0.25, -0.2) is 4.68 Å². The average molecular weight is 455 g/mol. The third-order valence-corrected chi connectivity index (χ3v) is 6.55. The fourth-order valence-electron chi connectivity index (χ4n) is 4.72. The van der Waals surface area contributed by atoms with Crippen LogP contribution in [-0.4, -0.2) is 61.1 Å². The van der Waals surface area contributed by atoms with Crippen molar-refractivity contribution in [1.29, 1.82) is 0 Å². The Morgan fingerprint density at radius 2 is 2.06 bits per heavy atom. The largest absolute Gasteiger partial charge is 0.395 e. The Hall–Kier alpha value is -2.62. The maximum absolute atomic E-state index is 12.9. The van der Waals surface area contributed by atoms with Gasteiger partial charge in [0.1, 0.15) is 0 Å². The van der Waals surface area contributed by atoms with Gasteiger partial charge in [-0.05, 0) is 77.7 Å². The van der Waals surface area contributed by atoms with Crippen LogP contribution in [0.4, 0.5) is 0 Å². The number of aliphatic hydroxyl groups excluding tert-OH is 1. The number of aromatic amines is 1. The van der Waals surface area contributed by atoms with Crippen LogP contribution in [0.1, 0.15) is 55.2 Å². The van der Waals surface area contributed by atoms with E-state index in [-0.39, 0.29) is 30.2 Å². The number of tetrazole rings is 1. The Kier molecular flexibility index (Phi) is 7.21. The zero-order valence-corrected chi connectivity index (χ0v) is 19.9. The summed E-state index contributed by atoms with van der Waals surface area (Å²) in [5.41, 5.74) is 3.70. The number of H-pyrrole nitrogens is 1. The number of aliphatic hydroxyl groups is 1. The standard InChI is InChI=1S/C24H34N6O3/c1-15(2)22(23-26-27-28-30(23)14-20-6-5-9-33-20)29(7-8-31)13-19-12-18-10-16(3)17(4)11-21(18)25-24(19)32/h10-12,15,20,22,31H,5-9,13-14H2,1-4H3,(H,25,32)/t20-,22+/m0/s1.